The van der Waals surface area contributed by atoms with Gasteiger partial charge in [-0.25, -0.2) is 0 Å². The van der Waals surface area contributed by atoms with E-state index in [0.717, 1.165) is 39.0 Å². The molecule has 0 bridgehead atoms. The quantitative estimate of drug-likeness (QED) is 0.865. The first-order valence-electron chi connectivity index (χ1n) is 8.51. The summed E-state index contributed by atoms with van der Waals surface area (Å²) in [6.07, 6.45) is 7.01. The molecular formula is C18H26BrNO2. The highest BCUT2D eigenvalue weighted by atomic mass is 79.9. The minimum atomic E-state index is -0.136. The number of benzene rings is 1. The molecule has 1 aromatic carbocycles. The lowest BCUT2D eigenvalue weighted by atomic mass is 9.91. The van der Waals surface area contributed by atoms with Gasteiger partial charge in [-0.1, -0.05) is 47.0 Å². The van der Waals surface area contributed by atoms with E-state index in [1.54, 1.807) is 0 Å². The van der Waals surface area contributed by atoms with Crippen molar-refractivity contribution in [2.75, 3.05) is 19.7 Å². The molecule has 0 amide bonds. The number of halogens is 1. The topological polar surface area (TPSA) is 32.7 Å². The van der Waals surface area contributed by atoms with Gasteiger partial charge in [-0.3, -0.25) is 4.90 Å². The van der Waals surface area contributed by atoms with Gasteiger partial charge in [0.25, 0.3) is 0 Å². The van der Waals surface area contributed by atoms with Crippen molar-refractivity contribution >= 4 is 15.9 Å². The average Bonchev–Trinajstić information content (AvgIpc) is 2.96. The summed E-state index contributed by atoms with van der Waals surface area (Å²) < 4.78 is 7.43. The van der Waals surface area contributed by atoms with E-state index >= 15 is 0 Å². The van der Waals surface area contributed by atoms with Crippen molar-refractivity contribution in [1.29, 1.82) is 0 Å². The average molecular weight is 368 g/mol. The number of rotatable bonds is 5. The van der Waals surface area contributed by atoms with Gasteiger partial charge in [-0.2, -0.15) is 0 Å². The predicted molar refractivity (Wildman–Crippen MR) is 92.0 cm³/mol. The number of likely N-dealkylation sites (tertiary alicyclic amines) is 1. The molecule has 1 saturated heterocycles. The Morgan fingerprint density at radius 3 is 2.77 bits per heavy atom. The monoisotopic (exact) mass is 367 g/mol. The molecule has 3 rings (SSSR count). The molecule has 22 heavy (non-hydrogen) atoms. The lowest BCUT2D eigenvalue weighted by molar-refractivity contribution is -0.0316. The van der Waals surface area contributed by atoms with Crippen LogP contribution in [0.2, 0.25) is 0 Å². The number of hydrogen-bond acceptors (Lipinski definition) is 3. The van der Waals surface area contributed by atoms with Crippen molar-refractivity contribution in [3.8, 4) is 0 Å². The second-order valence-electron chi connectivity index (χ2n) is 6.54. The van der Waals surface area contributed by atoms with Crippen LogP contribution in [0.15, 0.2) is 28.7 Å². The molecule has 1 N–H and O–H groups in total. The molecule has 1 aliphatic carbocycles. The molecule has 0 spiro atoms. The summed E-state index contributed by atoms with van der Waals surface area (Å²) in [5.41, 5.74) is 1.31. The van der Waals surface area contributed by atoms with Crippen LogP contribution in [0.4, 0.5) is 0 Å². The molecule has 1 heterocycles. The molecule has 1 aliphatic heterocycles. The lowest BCUT2D eigenvalue weighted by Gasteiger charge is -2.37. The maximum atomic E-state index is 9.78. The summed E-state index contributed by atoms with van der Waals surface area (Å²) in [6.45, 7) is 2.63. The van der Waals surface area contributed by atoms with Crippen LogP contribution in [0, 0.1) is 0 Å². The molecule has 0 radical (unpaired) electrons. The normalized spacial score (nSPS) is 29.8. The highest BCUT2D eigenvalue weighted by Gasteiger charge is 2.34. The number of nitrogens with zero attached hydrogens (tertiary/aromatic N) is 1. The van der Waals surface area contributed by atoms with Gasteiger partial charge in [-0.15, -0.1) is 0 Å². The smallest absolute Gasteiger partial charge is 0.0730 e. The number of hydrogen-bond donors (Lipinski definition) is 1. The fourth-order valence-corrected chi connectivity index (χ4v) is 4.26. The Balaban J connectivity index is 1.52. The molecular weight excluding hydrogens is 342 g/mol. The van der Waals surface area contributed by atoms with Gasteiger partial charge in [0.05, 0.1) is 18.8 Å². The Bertz CT molecular complexity index is 482. The van der Waals surface area contributed by atoms with E-state index in [9.17, 15) is 5.11 Å². The molecule has 2 fully saturated rings. The highest BCUT2D eigenvalue weighted by Crippen LogP contribution is 2.28. The molecule has 1 aromatic rings. The van der Waals surface area contributed by atoms with Gasteiger partial charge in [0.2, 0.25) is 0 Å². The van der Waals surface area contributed by atoms with Crippen LogP contribution in [0.3, 0.4) is 0 Å². The van der Waals surface area contributed by atoms with Crippen molar-refractivity contribution in [1.82, 2.24) is 4.90 Å². The lowest BCUT2D eigenvalue weighted by Crippen LogP contribution is -2.46. The van der Waals surface area contributed by atoms with Gasteiger partial charge in [0, 0.05) is 23.6 Å². The van der Waals surface area contributed by atoms with Crippen LogP contribution >= 0.6 is 15.9 Å². The first-order valence-corrected chi connectivity index (χ1v) is 9.30. The Hall–Kier alpha value is -0.420. The zero-order valence-corrected chi connectivity index (χ0v) is 14.7. The van der Waals surface area contributed by atoms with Crippen LogP contribution in [0.1, 0.15) is 37.7 Å². The van der Waals surface area contributed by atoms with E-state index in [1.165, 1.54) is 29.3 Å². The van der Waals surface area contributed by atoms with Gasteiger partial charge < -0.3 is 9.84 Å². The van der Waals surface area contributed by atoms with Crippen LogP contribution < -0.4 is 0 Å². The minimum absolute atomic E-state index is 0.136. The number of ether oxygens (including phenoxy) is 1. The Morgan fingerprint density at radius 2 is 2.00 bits per heavy atom. The van der Waals surface area contributed by atoms with Crippen molar-refractivity contribution in [3.05, 3.63) is 34.3 Å². The van der Waals surface area contributed by atoms with E-state index in [4.69, 9.17) is 4.74 Å². The summed E-state index contributed by atoms with van der Waals surface area (Å²) in [5.74, 6) is 0. The summed E-state index contributed by atoms with van der Waals surface area (Å²) in [4.78, 5) is 2.45. The highest BCUT2D eigenvalue weighted by molar-refractivity contribution is 9.10. The van der Waals surface area contributed by atoms with Gasteiger partial charge in [-0.05, 0) is 37.3 Å². The molecule has 4 heteroatoms. The van der Waals surface area contributed by atoms with E-state index in [1.807, 2.05) is 6.07 Å². The molecule has 1 saturated carbocycles. The number of aliphatic hydroxyl groups excluding tert-OH is 1. The van der Waals surface area contributed by atoms with Crippen molar-refractivity contribution in [2.24, 2.45) is 0 Å². The van der Waals surface area contributed by atoms with Crippen LogP contribution in [0.25, 0.3) is 0 Å². The zero-order chi connectivity index (χ0) is 15.4. The molecule has 122 valence electrons. The minimum Gasteiger partial charge on any atom is -0.392 e. The van der Waals surface area contributed by atoms with Crippen molar-refractivity contribution in [3.63, 3.8) is 0 Å². The third kappa shape index (κ3) is 4.10. The fraction of sp³-hybridized carbons (Fsp3) is 0.667. The summed E-state index contributed by atoms with van der Waals surface area (Å²) >= 11 is 3.60. The van der Waals surface area contributed by atoms with Crippen LogP contribution in [0.5, 0.6) is 0 Å². The van der Waals surface area contributed by atoms with Crippen LogP contribution in [-0.4, -0.2) is 48.0 Å². The van der Waals surface area contributed by atoms with Crippen molar-refractivity contribution < 1.29 is 9.84 Å². The third-order valence-corrected chi connectivity index (χ3v) is 5.77. The summed E-state index contributed by atoms with van der Waals surface area (Å²) in [5, 5.41) is 9.78. The van der Waals surface area contributed by atoms with Crippen molar-refractivity contribution in [2.45, 2.75) is 56.8 Å². The Kier molecular flexibility index (Phi) is 5.91. The maximum Gasteiger partial charge on any atom is 0.0730 e. The summed E-state index contributed by atoms with van der Waals surface area (Å²) in [7, 11) is 0. The molecule has 3 atom stereocenters. The number of aliphatic hydroxyl groups is 1. The molecule has 0 unspecified atom stereocenters. The second kappa shape index (κ2) is 7.91. The van der Waals surface area contributed by atoms with Gasteiger partial charge in [0.15, 0.2) is 0 Å². The second-order valence-corrected chi connectivity index (χ2v) is 7.39. The molecule has 3 nitrogen and oxygen atoms in total. The third-order valence-electron chi connectivity index (χ3n) is 4.99. The first kappa shape index (κ1) is 16.4. The largest absolute Gasteiger partial charge is 0.392 e. The van der Waals surface area contributed by atoms with Gasteiger partial charge >= 0.3 is 0 Å². The number of β-amino-alcohol motifs (C(OH)–C–C–N with tert-alkyl or cyclic N) is 1. The maximum absolute atomic E-state index is 9.78. The standard InChI is InChI=1S/C18H26BrNO2/c19-16-6-2-1-5-14(16)10-12-22-18-8-4-3-7-17(18)20-11-9-15(21)13-20/h1-2,5-6,15,17-18,21H,3-4,7-13H2/t15-,17-,18-/m0/s1. The Morgan fingerprint density at radius 1 is 1.18 bits per heavy atom. The van der Waals surface area contributed by atoms with E-state index in [2.05, 4.69) is 39.0 Å². The molecule has 0 aromatic heterocycles. The van der Waals surface area contributed by atoms with E-state index < -0.39 is 0 Å². The molecule has 2 aliphatic rings. The van der Waals surface area contributed by atoms with E-state index in [0.29, 0.717) is 12.1 Å². The van der Waals surface area contributed by atoms with Gasteiger partial charge in [0.1, 0.15) is 0 Å². The van der Waals surface area contributed by atoms with E-state index in [-0.39, 0.29) is 6.10 Å². The Labute approximate surface area is 141 Å². The predicted octanol–water partition coefficient (Wildman–Crippen LogP) is 3.39. The fourth-order valence-electron chi connectivity index (χ4n) is 3.78. The summed E-state index contributed by atoms with van der Waals surface area (Å²) in [6, 6.07) is 8.87. The van der Waals surface area contributed by atoms with Crippen LogP contribution in [-0.2, 0) is 11.2 Å². The SMILES string of the molecule is O[C@H]1CCN([C@H]2CCCC[C@@H]2OCCc2ccccc2Br)C1. The zero-order valence-electron chi connectivity index (χ0n) is 13.1. The first-order chi connectivity index (χ1) is 10.7.